The van der Waals surface area contributed by atoms with Crippen LogP contribution in [0.25, 0.3) is 11.1 Å². The zero-order chi connectivity index (χ0) is 35.3. The van der Waals surface area contributed by atoms with Crippen molar-refractivity contribution in [3.05, 3.63) is 131 Å². The van der Waals surface area contributed by atoms with E-state index in [4.69, 9.17) is 14.6 Å². The van der Waals surface area contributed by atoms with E-state index in [-0.39, 0.29) is 37.2 Å². The Morgan fingerprint density at radius 2 is 1.48 bits per heavy atom. The summed E-state index contributed by atoms with van der Waals surface area (Å²) in [6.45, 7) is 3.38. The summed E-state index contributed by atoms with van der Waals surface area (Å²) in [5.74, 6) is -0.776. The lowest BCUT2D eigenvalue weighted by molar-refractivity contribution is -0.253. The lowest BCUT2D eigenvalue weighted by Crippen LogP contribution is -2.38. The summed E-state index contributed by atoms with van der Waals surface area (Å²) in [6, 6.07) is 35.1. The number of rotatable bonds is 17. The Bertz CT molecular complexity index is 1640. The van der Waals surface area contributed by atoms with Gasteiger partial charge in [0.25, 0.3) is 0 Å². The quantitative estimate of drug-likeness (QED) is 0.0968. The number of likely N-dealkylation sites (N-methyl/N-ethyl adjacent to an activating group) is 1. The Hall–Kier alpha value is -4.34. The van der Waals surface area contributed by atoms with E-state index in [0.717, 1.165) is 59.2 Å². The molecule has 1 aliphatic heterocycles. The number of hydrogen-bond acceptors (Lipinski definition) is 6. The van der Waals surface area contributed by atoms with Gasteiger partial charge in [-0.25, -0.2) is 0 Å². The molecule has 264 valence electrons. The third-order valence-corrected chi connectivity index (χ3v) is 9.58. The molecular weight excluding hydrogens is 628 g/mol. The molecule has 4 atom stereocenters. The van der Waals surface area contributed by atoms with E-state index >= 15 is 0 Å². The summed E-state index contributed by atoms with van der Waals surface area (Å²) in [6.07, 6.45) is 3.59. The number of nitrogens with one attached hydrogen (secondary N) is 1. The summed E-state index contributed by atoms with van der Waals surface area (Å²) in [7, 11) is 2.14. The fourth-order valence-electron chi connectivity index (χ4n) is 6.47. The predicted octanol–water partition coefficient (Wildman–Crippen LogP) is 8.13. The minimum atomic E-state index is -0.775. The van der Waals surface area contributed by atoms with Gasteiger partial charge in [0.1, 0.15) is 0 Å². The molecule has 1 aliphatic rings. The summed E-state index contributed by atoms with van der Waals surface area (Å²) in [4.78, 5) is 25.5. The minimum Gasteiger partial charge on any atom is -0.481 e. The highest BCUT2D eigenvalue weighted by atomic mass is 16.7. The molecular formula is C42H50N2O6. The van der Waals surface area contributed by atoms with Crippen LogP contribution in [0.3, 0.4) is 0 Å². The van der Waals surface area contributed by atoms with Crippen LogP contribution in [0.15, 0.2) is 103 Å². The molecule has 0 bridgehead atoms. The number of ether oxygens (including phenoxy) is 2. The lowest BCUT2D eigenvalue weighted by Gasteiger charge is -2.39. The van der Waals surface area contributed by atoms with Crippen LogP contribution < -0.4 is 5.32 Å². The van der Waals surface area contributed by atoms with E-state index in [1.165, 1.54) is 5.56 Å². The number of carbonyl (C=O) groups is 2. The first kappa shape index (κ1) is 36.9. The summed E-state index contributed by atoms with van der Waals surface area (Å²) >= 11 is 0. The number of aliphatic hydroxyl groups is 1. The molecule has 0 aromatic heterocycles. The second-order valence-corrected chi connectivity index (χ2v) is 13.2. The van der Waals surface area contributed by atoms with Crippen molar-refractivity contribution in [2.24, 2.45) is 0 Å². The normalized spacial score (nSPS) is 18.1. The fourth-order valence-corrected chi connectivity index (χ4v) is 6.47. The van der Waals surface area contributed by atoms with Gasteiger partial charge in [0, 0.05) is 44.0 Å². The van der Waals surface area contributed by atoms with Gasteiger partial charge in [-0.15, -0.1) is 0 Å². The van der Waals surface area contributed by atoms with Gasteiger partial charge in [-0.2, -0.15) is 0 Å². The molecule has 0 unspecified atom stereocenters. The van der Waals surface area contributed by atoms with Crippen LogP contribution in [0.1, 0.15) is 98.1 Å². The van der Waals surface area contributed by atoms with Crippen LogP contribution in [0.2, 0.25) is 0 Å². The molecule has 1 amide bonds. The maximum Gasteiger partial charge on any atom is 0.303 e. The van der Waals surface area contributed by atoms with Crippen molar-refractivity contribution in [1.82, 2.24) is 10.2 Å². The van der Waals surface area contributed by atoms with Crippen molar-refractivity contribution < 1.29 is 29.3 Å². The zero-order valence-electron chi connectivity index (χ0n) is 29.2. The lowest BCUT2D eigenvalue weighted by atomic mass is 9.97. The van der Waals surface area contributed by atoms with Crippen molar-refractivity contribution in [2.45, 2.75) is 89.6 Å². The number of amides is 1. The monoisotopic (exact) mass is 678 g/mol. The number of nitrogens with zero attached hydrogens (tertiary/aromatic N) is 1. The number of carboxylic acids is 1. The molecule has 50 heavy (non-hydrogen) atoms. The average molecular weight is 679 g/mol. The maximum absolute atomic E-state index is 12.5. The Morgan fingerprint density at radius 3 is 2.18 bits per heavy atom. The van der Waals surface area contributed by atoms with Gasteiger partial charge >= 0.3 is 5.97 Å². The molecule has 0 saturated carbocycles. The number of aliphatic carboxylic acids is 1. The number of aliphatic hydroxyl groups excluding tert-OH is 1. The van der Waals surface area contributed by atoms with Crippen LogP contribution in [0.4, 0.5) is 0 Å². The molecule has 8 nitrogen and oxygen atoms in total. The zero-order valence-corrected chi connectivity index (χ0v) is 29.2. The van der Waals surface area contributed by atoms with E-state index in [9.17, 15) is 14.7 Å². The number of carbonyl (C=O) groups excluding carboxylic acids is 1. The van der Waals surface area contributed by atoms with Gasteiger partial charge in [-0.05, 0) is 60.2 Å². The van der Waals surface area contributed by atoms with Crippen molar-refractivity contribution >= 4 is 11.9 Å². The number of carboxylic acid groups (broad SMARTS) is 1. The molecule has 1 heterocycles. The van der Waals surface area contributed by atoms with Gasteiger partial charge in [-0.1, -0.05) is 116 Å². The first-order chi connectivity index (χ1) is 24.3. The number of unbranched alkanes of at least 4 members (excludes halogenated alkanes) is 3. The van der Waals surface area contributed by atoms with Crippen molar-refractivity contribution in [2.75, 3.05) is 13.6 Å². The Kier molecular flexibility index (Phi) is 13.7. The number of benzene rings is 4. The molecule has 8 heteroatoms. The van der Waals surface area contributed by atoms with Gasteiger partial charge in [0.05, 0.1) is 18.8 Å². The van der Waals surface area contributed by atoms with Crippen LogP contribution in [0, 0.1) is 0 Å². The molecule has 5 rings (SSSR count). The average Bonchev–Trinajstić information content (AvgIpc) is 3.15. The molecule has 1 fully saturated rings. The van der Waals surface area contributed by atoms with Gasteiger partial charge in [0.2, 0.25) is 5.91 Å². The molecule has 4 aromatic rings. The minimum absolute atomic E-state index is 0.00102. The molecule has 3 N–H and O–H groups in total. The van der Waals surface area contributed by atoms with Crippen molar-refractivity contribution in [3.63, 3.8) is 0 Å². The molecule has 0 spiro atoms. The van der Waals surface area contributed by atoms with Crippen molar-refractivity contribution in [1.29, 1.82) is 0 Å². The Morgan fingerprint density at radius 1 is 0.820 bits per heavy atom. The topological polar surface area (TPSA) is 108 Å². The van der Waals surface area contributed by atoms with Gasteiger partial charge < -0.3 is 25.0 Å². The van der Waals surface area contributed by atoms with Crippen LogP contribution in [-0.4, -0.2) is 46.7 Å². The summed E-state index contributed by atoms with van der Waals surface area (Å²) < 4.78 is 13.3. The Balaban J connectivity index is 1.25. The fraction of sp³-hybridized carbons (Fsp3) is 0.381. The molecule has 0 aliphatic carbocycles. The second kappa shape index (κ2) is 18.6. The van der Waals surface area contributed by atoms with E-state index in [0.29, 0.717) is 25.8 Å². The molecule has 1 saturated heterocycles. The molecule has 4 aromatic carbocycles. The second-order valence-electron chi connectivity index (χ2n) is 13.2. The SMILES string of the molecule is C[C@@H](c1ccccc1)N(C)C[C@H]1C[C@@H](c2ccc(CO)cc2)O[C@@H](c2ccc(-c3ccccc3CNC(=O)CCCCCCC(=O)O)cc2)O1. The smallest absolute Gasteiger partial charge is 0.303 e. The highest BCUT2D eigenvalue weighted by molar-refractivity contribution is 5.76. The highest BCUT2D eigenvalue weighted by Crippen LogP contribution is 2.39. The van der Waals surface area contributed by atoms with E-state index in [1.54, 1.807) is 0 Å². The predicted molar refractivity (Wildman–Crippen MR) is 195 cm³/mol. The summed E-state index contributed by atoms with van der Waals surface area (Å²) in [5, 5.41) is 21.4. The first-order valence-electron chi connectivity index (χ1n) is 17.7. The van der Waals surface area contributed by atoms with E-state index in [1.807, 2.05) is 48.5 Å². The third kappa shape index (κ3) is 10.6. The van der Waals surface area contributed by atoms with Crippen LogP contribution in [-0.2, 0) is 32.2 Å². The standard InChI is InChI=1S/C42H50N2O6/c1-30(32-12-6-5-7-13-32)44(2)28-37-26-39(34-20-18-31(29-45)19-21-34)50-42(49-37)35-24-22-33(23-25-35)38-15-11-10-14-36(38)27-43-40(46)16-8-3-4-9-17-41(47)48/h5-7,10-15,18-25,30,37,39,42,45H,3-4,8-9,16-17,26-29H2,1-2H3,(H,43,46)(H,47,48)/t30-,37+,39-,42-/m0/s1. The van der Waals surface area contributed by atoms with E-state index < -0.39 is 12.3 Å². The van der Waals surface area contributed by atoms with Gasteiger partial charge in [-0.3, -0.25) is 14.5 Å². The largest absolute Gasteiger partial charge is 0.481 e. The van der Waals surface area contributed by atoms with Gasteiger partial charge in [0.15, 0.2) is 6.29 Å². The first-order valence-corrected chi connectivity index (χ1v) is 17.7. The molecule has 0 radical (unpaired) electrons. The van der Waals surface area contributed by atoms with Crippen LogP contribution in [0.5, 0.6) is 0 Å². The third-order valence-electron chi connectivity index (χ3n) is 9.58. The number of hydrogen-bond donors (Lipinski definition) is 3. The highest BCUT2D eigenvalue weighted by Gasteiger charge is 2.33. The van der Waals surface area contributed by atoms with Crippen molar-refractivity contribution in [3.8, 4) is 11.1 Å². The summed E-state index contributed by atoms with van der Waals surface area (Å²) in [5.41, 5.74) is 7.24. The van der Waals surface area contributed by atoms with Crippen LogP contribution >= 0.6 is 0 Å². The van der Waals surface area contributed by atoms with E-state index in [2.05, 4.69) is 78.8 Å². The Labute approximate surface area is 296 Å². The maximum atomic E-state index is 12.5.